The van der Waals surface area contributed by atoms with Gasteiger partial charge in [-0.25, -0.2) is 0 Å². The van der Waals surface area contributed by atoms with Crippen LogP contribution in [0.25, 0.3) is 0 Å². The van der Waals surface area contributed by atoms with Gasteiger partial charge in [-0.1, -0.05) is 0 Å². The van der Waals surface area contributed by atoms with E-state index in [1.54, 1.807) is 19.9 Å². The Kier molecular flexibility index (Phi) is 1.97. The van der Waals surface area contributed by atoms with E-state index in [2.05, 4.69) is 10.2 Å². The molecule has 11 heavy (non-hydrogen) atoms. The van der Waals surface area contributed by atoms with E-state index in [-0.39, 0.29) is 0 Å². The maximum Gasteiger partial charge on any atom is 0.103 e. The molecule has 62 valence electrons. The Morgan fingerprint density at radius 1 is 1.73 bits per heavy atom. The van der Waals surface area contributed by atoms with Gasteiger partial charge in [-0.05, 0) is 19.9 Å². The summed E-state index contributed by atoms with van der Waals surface area (Å²) in [4.78, 5) is 0. The summed E-state index contributed by atoms with van der Waals surface area (Å²) >= 11 is 0. The molecule has 1 aromatic rings. The van der Waals surface area contributed by atoms with E-state index < -0.39 is 5.60 Å². The summed E-state index contributed by atoms with van der Waals surface area (Å²) in [5.41, 5.74) is 5.93. The SMILES string of the molecule is CC(C)(O)c1cc(CN)[nH]n1. The minimum absolute atomic E-state index is 0.420. The molecular weight excluding hydrogens is 142 g/mol. The second-order valence-electron chi connectivity index (χ2n) is 3.04. The van der Waals surface area contributed by atoms with Crippen molar-refractivity contribution in [2.45, 2.75) is 26.0 Å². The van der Waals surface area contributed by atoms with E-state index in [4.69, 9.17) is 5.73 Å². The van der Waals surface area contributed by atoms with Crippen molar-refractivity contribution in [1.82, 2.24) is 10.2 Å². The molecule has 1 rings (SSSR count). The number of aromatic nitrogens is 2. The van der Waals surface area contributed by atoms with Crippen molar-refractivity contribution < 1.29 is 5.11 Å². The maximum absolute atomic E-state index is 9.47. The molecule has 4 nitrogen and oxygen atoms in total. The number of aromatic amines is 1. The Morgan fingerprint density at radius 3 is 2.64 bits per heavy atom. The minimum atomic E-state index is -0.885. The van der Waals surface area contributed by atoms with Gasteiger partial charge in [0, 0.05) is 12.2 Å². The Balaban J connectivity index is 2.89. The molecule has 4 N–H and O–H groups in total. The Morgan fingerprint density at radius 2 is 2.36 bits per heavy atom. The quantitative estimate of drug-likeness (QED) is 0.566. The molecule has 0 atom stereocenters. The minimum Gasteiger partial charge on any atom is -0.384 e. The van der Waals surface area contributed by atoms with Crippen LogP contribution in [-0.2, 0) is 12.1 Å². The van der Waals surface area contributed by atoms with Crippen LogP contribution in [0.1, 0.15) is 25.2 Å². The zero-order valence-corrected chi connectivity index (χ0v) is 6.76. The van der Waals surface area contributed by atoms with Crippen LogP contribution in [0.5, 0.6) is 0 Å². The number of nitrogens with zero attached hydrogens (tertiary/aromatic N) is 1. The molecule has 0 aromatic carbocycles. The number of nitrogens with two attached hydrogens (primary N) is 1. The van der Waals surface area contributed by atoms with Gasteiger partial charge >= 0.3 is 0 Å². The number of rotatable bonds is 2. The second-order valence-corrected chi connectivity index (χ2v) is 3.04. The van der Waals surface area contributed by atoms with Gasteiger partial charge in [-0.3, -0.25) is 5.10 Å². The standard InChI is InChI=1S/C7H13N3O/c1-7(2,11)6-3-5(4-8)9-10-6/h3,11H,4,8H2,1-2H3,(H,9,10). The molecule has 0 aliphatic heterocycles. The van der Waals surface area contributed by atoms with Crippen LogP contribution < -0.4 is 5.73 Å². The molecule has 0 bridgehead atoms. The number of hydrogen-bond acceptors (Lipinski definition) is 3. The lowest BCUT2D eigenvalue weighted by Gasteiger charge is -2.12. The van der Waals surface area contributed by atoms with Crippen LogP contribution >= 0.6 is 0 Å². The van der Waals surface area contributed by atoms with E-state index >= 15 is 0 Å². The van der Waals surface area contributed by atoms with Gasteiger partial charge in [0.1, 0.15) is 5.60 Å². The number of H-pyrrole nitrogens is 1. The summed E-state index contributed by atoms with van der Waals surface area (Å²) in [6, 6.07) is 1.76. The van der Waals surface area contributed by atoms with E-state index in [0.717, 1.165) is 5.69 Å². The number of nitrogens with one attached hydrogen (secondary N) is 1. The number of hydrogen-bond donors (Lipinski definition) is 3. The third-order valence-electron chi connectivity index (χ3n) is 1.48. The monoisotopic (exact) mass is 155 g/mol. The Labute approximate surface area is 65.4 Å². The summed E-state index contributed by atoms with van der Waals surface area (Å²) < 4.78 is 0. The van der Waals surface area contributed by atoms with E-state index in [1.807, 2.05) is 0 Å². The highest BCUT2D eigenvalue weighted by molar-refractivity contribution is 5.13. The third-order valence-corrected chi connectivity index (χ3v) is 1.48. The van der Waals surface area contributed by atoms with Crippen LogP contribution in [0.4, 0.5) is 0 Å². The van der Waals surface area contributed by atoms with Crippen molar-refractivity contribution in [2.24, 2.45) is 5.73 Å². The average molecular weight is 155 g/mol. The summed E-state index contributed by atoms with van der Waals surface area (Å²) in [5.74, 6) is 0. The molecule has 0 saturated carbocycles. The molecule has 0 saturated heterocycles. The van der Waals surface area contributed by atoms with Crippen molar-refractivity contribution in [3.8, 4) is 0 Å². The fourth-order valence-corrected chi connectivity index (χ4v) is 0.780. The van der Waals surface area contributed by atoms with Crippen LogP contribution in [0.3, 0.4) is 0 Å². The topological polar surface area (TPSA) is 74.9 Å². The van der Waals surface area contributed by atoms with E-state index in [0.29, 0.717) is 12.2 Å². The van der Waals surface area contributed by atoms with Crippen molar-refractivity contribution >= 4 is 0 Å². The lowest BCUT2D eigenvalue weighted by Crippen LogP contribution is -2.15. The summed E-state index contributed by atoms with van der Waals surface area (Å²) in [6.45, 7) is 3.79. The summed E-state index contributed by atoms with van der Waals surface area (Å²) in [6.07, 6.45) is 0. The highest BCUT2D eigenvalue weighted by Gasteiger charge is 2.18. The van der Waals surface area contributed by atoms with Gasteiger partial charge in [0.2, 0.25) is 0 Å². The van der Waals surface area contributed by atoms with Gasteiger partial charge in [0.05, 0.1) is 5.69 Å². The average Bonchev–Trinajstić information content (AvgIpc) is 2.32. The summed E-state index contributed by atoms with van der Waals surface area (Å²) in [5, 5.41) is 16.1. The first-order valence-corrected chi connectivity index (χ1v) is 3.51. The Hall–Kier alpha value is -0.870. The van der Waals surface area contributed by atoms with Gasteiger partial charge < -0.3 is 10.8 Å². The first-order valence-electron chi connectivity index (χ1n) is 3.51. The molecule has 0 spiro atoms. The zero-order chi connectivity index (χ0) is 8.48. The van der Waals surface area contributed by atoms with Crippen molar-refractivity contribution in [1.29, 1.82) is 0 Å². The third kappa shape index (κ3) is 1.78. The lowest BCUT2D eigenvalue weighted by atomic mass is 10.1. The molecule has 4 heteroatoms. The summed E-state index contributed by atoms with van der Waals surface area (Å²) in [7, 11) is 0. The Bertz CT molecular complexity index is 236. The largest absolute Gasteiger partial charge is 0.384 e. The van der Waals surface area contributed by atoms with E-state index in [9.17, 15) is 5.11 Å². The smallest absolute Gasteiger partial charge is 0.103 e. The van der Waals surface area contributed by atoms with Crippen molar-refractivity contribution in [3.63, 3.8) is 0 Å². The molecule has 1 aromatic heterocycles. The van der Waals surface area contributed by atoms with Crippen LogP contribution in [-0.4, -0.2) is 15.3 Å². The normalized spacial score (nSPS) is 12.0. The fourth-order valence-electron chi connectivity index (χ4n) is 0.780. The van der Waals surface area contributed by atoms with E-state index in [1.165, 1.54) is 0 Å². The van der Waals surface area contributed by atoms with Gasteiger partial charge in [-0.15, -0.1) is 0 Å². The van der Waals surface area contributed by atoms with Crippen LogP contribution in [0.2, 0.25) is 0 Å². The van der Waals surface area contributed by atoms with Crippen molar-refractivity contribution in [2.75, 3.05) is 0 Å². The van der Waals surface area contributed by atoms with Gasteiger partial charge in [0.25, 0.3) is 0 Å². The van der Waals surface area contributed by atoms with Crippen LogP contribution in [0, 0.1) is 0 Å². The molecular formula is C7H13N3O. The fraction of sp³-hybridized carbons (Fsp3) is 0.571. The molecule has 0 unspecified atom stereocenters. The first-order chi connectivity index (χ1) is 5.04. The molecule has 0 amide bonds. The van der Waals surface area contributed by atoms with Gasteiger partial charge in [0.15, 0.2) is 0 Å². The molecule has 0 radical (unpaired) electrons. The molecule has 0 aliphatic rings. The predicted octanol–water partition coefficient (Wildman–Crippen LogP) is 0.0958. The first kappa shape index (κ1) is 8.23. The maximum atomic E-state index is 9.47. The van der Waals surface area contributed by atoms with Crippen molar-refractivity contribution in [3.05, 3.63) is 17.5 Å². The van der Waals surface area contributed by atoms with Crippen LogP contribution in [0.15, 0.2) is 6.07 Å². The predicted molar refractivity (Wildman–Crippen MR) is 41.7 cm³/mol. The zero-order valence-electron chi connectivity index (χ0n) is 6.76. The number of aliphatic hydroxyl groups is 1. The molecule has 1 heterocycles. The molecule has 0 aliphatic carbocycles. The second kappa shape index (κ2) is 2.64. The van der Waals surface area contributed by atoms with Gasteiger partial charge in [-0.2, -0.15) is 5.10 Å². The highest BCUT2D eigenvalue weighted by Crippen LogP contribution is 2.16. The highest BCUT2D eigenvalue weighted by atomic mass is 16.3. The molecule has 0 fully saturated rings. The lowest BCUT2D eigenvalue weighted by molar-refractivity contribution is 0.0738.